The Labute approximate surface area is 228 Å². The summed E-state index contributed by atoms with van der Waals surface area (Å²) in [5.41, 5.74) is 0.984. The Kier molecular flexibility index (Phi) is 17.3. The van der Waals surface area contributed by atoms with Gasteiger partial charge < -0.3 is 4.90 Å². The number of para-hydroxylation sites is 1. The van der Waals surface area contributed by atoms with Crippen molar-refractivity contribution in [2.45, 2.75) is 143 Å². The Hall–Kier alpha value is -1.68. The lowest BCUT2D eigenvalue weighted by atomic mass is 10.0. The van der Waals surface area contributed by atoms with Crippen molar-refractivity contribution in [2.75, 3.05) is 19.6 Å². The van der Waals surface area contributed by atoms with Crippen LogP contribution in [-0.2, 0) is 13.0 Å². The third kappa shape index (κ3) is 12.6. The molecule has 2 rings (SSSR count). The molecule has 210 valence electrons. The predicted molar refractivity (Wildman–Crippen MR) is 162 cm³/mol. The molecule has 0 spiro atoms. The average Bonchev–Trinajstić information content (AvgIpc) is 2.92. The van der Waals surface area contributed by atoms with E-state index in [1.54, 1.807) is 0 Å². The number of fused-ring (bicyclic) bond motifs is 1. The second-order valence-corrected chi connectivity index (χ2v) is 10.9. The van der Waals surface area contributed by atoms with Gasteiger partial charge in [-0.2, -0.15) is 0 Å². The maximum Gasteiger partial charge on any atom is 0.261 e. The lowest BCUT2D eigenvalue weighted by Crippen LogP contribution is -2.28. The predicted octanol–water partition coefficient (Wildman–Crippen LogP) is 8.93. The van der Waals surface area contributed by atoms with E-state index >= 15 is 0 Å². The lowest BCUT2D eigenvalue weighted by Gasteiger charge is -2.18. The van der Waals surface area contributed by atoms with Gasteiger partial charge in [0.1, 0.15) is 5.82 Å². The van der Waals surface area contributed by atoms with E-state index in [2.05, 4.69) is 25.7 Å². The molecule has 0 atom stereocenters. The quantitative estimate of drug-likeness (QED) is 0.140. The van der Waals surface area contributed by atoms with Gasteiger partial charge in [-0.1, -0.05) is 129 Å². The molecule has 0 aliphatic heterocycles. The Morgan fingerprint density at radius 1 is 0.676 bits per heavy atom. The fourth-order valence-corrected chi connectivity index (χ4v) is 5.45. The summed E-state index contributed by atoms with van der Waals surface area (Å²) in [5.74, 6) is 0.969. The van der Waals surface area contributed by atoms with Gasteiger partial charge in [-0.15, -0.1) is 0 Å². The molecule has 37 heavy (non-hydrogen) atoms. The molecule has 4 heteroatoms. The van der Waals surface area contributed by atoms with Crippen LogP contribution in [0.15, 0.2) is 29.1 Å². The van der Waals surface area contributed by atoms with Gasteiger partial charge in [0.05, 0.1) is 10.9 Å². The molecule has 0 aliphatic carbocycles. The van der Waals surface area contributed by atoms with Gasteiger partial charge >= 0.3 is 0 Å². The van der Waals surface area contributed by atoms with Crippen molar-refractivity contribution in [3.63, 3.8) is 0 Å². The van der Waals surface area contributed by atoms with Gasteiger partial charge in [0.15, 0.2) is 0 Å². The van der Waals surface area contributed by atoms with Crippen molar-refractivity contribution in [2.24, 2.45) is 0 Å². The fraction of sp³-hybridized carbons (Fsp3) is 0.758. The average molecular weight is 512 g/mol. The van der Waals surface area contributed by atoms with Crippen LogP contribution in [-0.4, -0.2) is 34.1 Å². The largest absolute Gasteiger partial charge is 0.304 e. The third-order valence-electron chi connectivity index (χ3n) is 7.95. The van der Waals surface area contributed by atoms with Crippen molar-refractivity contribution in [1.29, 1.82) is 0 Å². The minimum atomic E-state index is 0.143. The molecule has 0 fully saturated rings. The third-order valence-corrected chi connectivity index (χ3v) is 7.95. The molecule has 0 saturated heterocycles. The Morgan fingerprint density at radius 2 is 1.19 bits per heavy atom. The summed E-state index contributed by atoms with van der Waals surface area (Å²) < 4.78 is 1.98. The minimum Gasteiger partial charge on any atom is -0.304 e. The summed E-state index contributed by atoms with van der Waals surface area (Å²) in [4.78, 5) is 20.6. The van der Waals surface area contributed by atoms with Gasteiger partial charge in [0.25, 0.3) is 5.56 Å². The monoisotopic (exact) mass is 511 g/mol. The summed E-state index contributed by atoms with van der Waals surface area (Å²) in [6.45, 7) is 10.7. The molecule has 0 saturated carbocycles. The highest BCUT2D eigenvalue weighted by molar-refractivity contribution is 5.77. The summed E-state index contributed by atoms with van der Waals surface area (Å²) in [7, 11) is 0. The van der Waals surface area contributed by atoms with E-state index in [4.69, 9.17) is 4.98 Å². The molecule has 1 heterocycles. The molecule has 1 aromatic carbocycles. The highest BCUT2D eigenvalue weighted by Crippen LogP contribution is 2.15. The number of aryl methyl sites for hydroxylation is 1. The highest BCUT2D eigenvalue weighted by Gasteiger charge is 2.11. The fourth-order valence-electron chi connectivity index (χ4n) is 5.45. The van der Waals surface area contributed by atoms with Crippen LogP contribution in [0.1, 0.15) is 136 Å². The number of nitrogens with zero attached hydrogens (tertiary/aromatic N) is 3. The molecular formula is C33H57N3O. The van der Waals surface area contributed by atoms with Crippen LogP contribution in [0.25, 0.3) is 10.9 Å². The first kappa shape index (κ1) is 31.5. The van der Waals surface area contributed by atoms with E-state index in [1.807, 2.05) is 28.8 Å². The number of aromatic nitrogens is 2. The zero-order valence-electron chi connectivity index (χ0n) is 24.6. The summed E-state index contributed by atoms with van der Waals surface area (Å²) in [5, 5.41) is 0.756. The molecule has 0 unspecified atom stereocenters. The molecule has 0 aliphatic rings. The molecule has 0 bridgehead atoms. The first-order valence-corrected chi connectivity index (χ1v) is 15.9. The van der Waals surface area contributed by atoms with E-state index in [0.29, 0.717) is 0 Å². The Bertz CT molecular complexity index is 887. The maximum atomic E-state index is 13.3. The summed E-state index contributed by atoms with van der Waals surface area (Å²) in [6, 6.07) is 7.83. The first-order valence-electron chi connectivity index (χ1n) is 15.9. The number of unbranched alkanes of at least 4 members (excludes halogenated alkanes) is 15. The lowest BCUT2D eigenvalue weighted by molar-refractivity contribution is 0.298. The Morgan fingerprint density at radius 3 is 1.73 bits per heavy atom. The van der Waals surface area contributed by atoms with Crippen LogP contribution in [0.5, 0.6) is 0 Å². The highest BCUT2D eigenvalue weighted by atomic mass is 16.1. The van der Waals surface area contributed by atoms with Crippen molar-refractivity contribution in [3.05, 3.63) is 40.4 Å². The zero-order chi connectivity index (χ0) is 26.6. The van der Waals surface area contributed by atoms with Gasteiger partial charge in [-0.3, -0.25) is 9.36 Å². The molecule has 4 nitrogen and oxygen atoms in total. The van der Waals surface area contributed by atoms with Crippen LogP contribution >= 0.6 is 0 Å². The molecular weight excluding hydrogens is 454 g/mol. The Balaban J connectivity index is 1.65. The van der Waals surface area contributed by atoms with E-state index < -0.39 is 0 Å². The van der Waals surface area contributed by atoms with Crippen molar-refractivity contribution >= 4 is 10.9 Å². The van der Waals surface area contributed by atoms with E-state index in [9.17, 15) is 4.79 Å². The van der Waals surface area contributed by atoms with Crippen molar-refractivity contribution in [1.82, 2.24) is 14.5 Å². The van der Waals surface area contributed by atoms with Gasteiger partial charge in [-0.25, -0.2) is 4.98 Å². The van der Waals surface area contributed by atoms with Crippen LogP contribution in [0.3, 0.4) is 0 Å². The van der Waals surface area contributed by atoms with Crippen molar-refractivity contribution in [3.8, 4) is 0 Å². The van der Waals surface area contributed by atoms with E-state index in [-0.39, 0.29) is 5.56 Å². The zero-order valence-corrected chi connectivity index (χ0v) is 24.6. The second kappa shape index (κ2) is 20.3. The van der Waals surface area contributed by atoms with Crippen LogP contribution in [0.4, 0.5) is 0 Å². The number of benzene rings is 1. The number of hydrogen-bond donors (Lipinski definition) is 0. The number of hydrogen-bond acceptors (Lipinski definition) is 3. The second-order valence-electron chi connectivity index (χ2n) is 10.9. The van der Waals surface area contributed by atoms with Crippen LogP contribution in [0.2, 0.25) is 0 Å². The van der Waals surface area contributed by atoms with Crippen molar-refractivity contribution < 1.29 is 0 Å². The minimum absolute atomic E-state index is 0.143. The topological polar surface area (TPSA) is 38.1 Å². The SMILES string of the molecule is CCCCCCCCCCCCCCCCCCn1c(CCCN(CC)CC)nc2ccccc2c1=O. The van der Waals surface area contributed by atoms with E-state index in [0.717, 1.165) is 62.2 Å². The maximum absolute atomic E-state index is 13.3. The summed E-state index contributed by atoms with van der Waals surface area (Å²) >= 11 is 0. The van der Waals surface area contributed by atoms with Gasteiger partial charge in [-0.05, 0) is 44.6 Å². The van der Waals surface area contributed by atoms with E-state index in [1.165, 1.54) is 96.3 Å². The first-order chi connectivity index (χ1) is 18.2. The number of rotatable bonds is 23. The smallest absolute Gasteiger partial charge is 0.261 e. The molecule has 0 amide bonds. The molecule has 0 N–H and O–H groups in total. The molecule has 0 radical (unpaired) electrons. The van der Waals surface area contributed by atoms with Crippen LogP contribution < -0.4 is 5.56 Å². The van der Waals surface area contributed by atoms with Gasteiger partial charge in [0.2, 0.25) is 0 Å². The molecule has 2 aromatic rings. The van der Waals surface area contributed by atoms with Gasteiger partial charge in [0, 0.05) is 13.0 Å². The van der Waals surface area contributed by atoms with Crippen LogP contribution in [0, 0.1) is 0 Å². The summed E-state index contributed by atoms with van der Waals surface area (Å²) in [6.07, 6.45) is 23.8. The molecule has 1 aromatic heterocycles. The standard InChI is InChI=1S/C33H57N3O/c1-4-7-8-9-10-11-12-13-14-15-16-17-18-19-20-23-29-36-32(27-24-28-35(5-2)6-3)34-31-26-22-21-25-30(31)33(36)37/h21-22,25-26H,4-20,23-24,27-29H2,1-3H3. The normalized spacial score (nSPS) is 11.7.